The fourth-order valence-electron chi connectivity index (χ4n) is 2.97. The molecule has 1 heterocycles. The minimum atomic E-state index is -0.344. The van der Waals surface area contributed by atoms with Crippen molar-refractivity contribution in [3.05, 3.63) is 66.0 Å². The van der Waals surface area contributed by atoms with Crippen LogP contribution in [0.5, 0.6) is 0 Å². The number of carbonyl (C=O) groups excluding carboxylic acids is 1. The predicted octanol–water partition coefficient (Wildman–Crippen LogP) is 2.95. The number of methoxy groups -OCH3 is 1. The lowest BCUT2D eigenvalue weighted by Gasteiger charge is -2.17. The maximum atomic E-state index is 12.5. The van der Waals surface area contributed by atoms with Crippen LogP contribution >= 0.6 is 0 Å². The lowest BCUT2D eigenvalue weighted by atomic mass is 10.1. The molecule has 25 heavy (non-hydrogen) atoms. The number of aromatic nitrogens is 2. The molecule has 5 heteroatoms. The van der Waals surface area contributed by atoms with E-state index in [0.717, 1.165) is 16.9 Å². The highest BCUT2D eigenvalue weighted by Gasteiger charge is 2.21. The van der Waals surface area contributed by atoms with E-state index in [9.17, 15) is 4.79 Å². The quantitative estimate of drug-likeness (QED) is 0.675. The molecule has 3 rings (SSSR count). The molecule has 0 saturated carbocycles. The average Bonchev–Trinajstić information content (AvgIpc) is 2.99. The SMILES string of the molecule is COCCNC(=O)C(C)n1c(Cc2ccccc2)nc2ccccc21. The Morgan fingerprint density at radius 1 is 1.16 bits per heavy atom. The maximum Gasteiger partial charge on any atom is 0.242 e. The summed E-state index contributed by atoms with van der Waals surface area (Å²) in [6, 6.07) is 17.8. The van der Waals surface area contributed by atoms with Crippen molar-refractivity contribution in [2.75, 3.05) is 20.3 Å². The van der Waals surface area contributed by atoms with Crippen LogP contribution in [0.25, 0.3) is 11.0 Å². The van der Waals surface area contributed by atoms with Gasteiger partial charge in [0.2, 0.25) is 5.91 Å². The number of para-hydroxylation sites is 2. The molecule has 0 spiro atoms. The fraction of sp³-hybridized carbons (Fsp3) is 0.300. The minimum absolute atomic E-state index is 0.0329. The maximum absolute atomic E-state index is 12.5. The van der Waals surface area contributed by atoms with Crippen molar-refractivity contribution in [3.63, 3.8) is 0 Å². The smallest absolute Gasteiger partial charge is 0.242 e. The van der Waals surface area contributed by atoms with E-state index in [0.29, 0.717) is 19.6 Å². The number of amides is 1. The summed E-state index contributed by atoms with van der Waals surface area (Å²) in [7, 11) is 1.62. The Morgan fingerprint density at radius 2 is 1.88 bits per heavy atom. The third-order valence-corrected chi connectivity index (χ3v) is 4.25. The van der Waals surface area contributed by atoms with Gasteiger partial charge in [-0.1, -0.05) is 42.5 Å². The van der Waals surface area contributed by atoms with Crippen molar-refractivity contribution in [1.29, 1.82) is 0 Å². The summed E-state index contributed by atoms with van der Waals surface area (Å²) in [4.78, 5) is 17.3. The molecule has 0 radical (unpaired) electrons. The van der Waals surface area contributed by atoms with E-state index in [1.807, 2.05) is 54.0 Å². The second kappa shape index (κ2) is 7.94. The van der Waals surface area contributed by atoms with E-state index in [1.165, 1.54) is 5.56 Å². The number of hydrogen-bond donors (Lipinski definition) is 1. The van der Waals surface area contributed by atoms with Gasteiger partial charge in [0, 0.05) is 20.1 Å². The highest BCUT2D eigenvalue weighted by molar-refractivity contribution is 5.84. The van der Waals surface area contributed by atoms with Crippen LogP contribution in [-0.2, 0) is 16.0 Å². The van der Waals surface area contributed by atoms with Gasteiger partial charge in [0.1, 0.15) is 11.9 Å². The van der Waals surface area contributed by atoms with E-state index in [4.69, 9.17) is 9.72 Å². The molecule has 5 nitrogen and oxygen atoms in total. The molecule has 0 fully saturated rings. The molecule has 0 aliphatic rings. The van der Waals surface area contributed by atoms with Gasteiger partial charge in [-0.2, -0.15) is 0 Å². The zero-order valence-electron chi connectivity index (χ0n) is 14.6. The highest BCUT2D eigenvalue weighted by Crippen LogP contribution is 2.23. The van der Waals surface area contributed by atoms with Crippen LogP contribution in [0.1, 0.15) is 24.4 Å². The molecule has 2 aromatic carbocycles. The standard InChI is InChI=1S/C20H23N3O2/c1-15(20(24)21-12-13-25-2)23-18-11-7-6-10-17(18)22-19(23)14-16-8-4-3-5-9-16/h3-11,15H,12-14H2,1-2H3,(H,21,24). The molecule has 0 saturated heterocycles. The first-order valence-corrected chi connectivity index (χ1v) is 8.47. The second-order valence-electron chi connectivity index (χ2n) is 6.01. The topological polar surface area (TPSA) is 56.1 Å². The number of nitrogens with one attached hydrogen (secondary N) is 1. The summed E-state index contributed by atoms with van der Waals surface area (Å²) >= 11 is 0. The molecule has 1 N–H and O–H groups in total. The summed E-state index contributed by atoms with van der Waals surface area (Å²) in [6.07, 6.45) is 0.686. The van der Waals surface area contributed by atoms with E-state index >= 15 is 0 Å². The lowest BCUT2D eigenvalue weighted by Crippen LogP contribution is -2.33. The van der Waals surface area contributed by atoms with Crippen molar-refractivity contribution >= 4 is 16.9 Å². The third-order valence-electron chi connectivity index (χ3n) is 4.25. The lowest BCUT2D eigenvalue weighted by molar-refractivity contribution is -0.124. The molecule has 0 aliphatic heterocycles. The molecular weight excluding hydrogens is 314 g/mol. The molecule has 0 bridgehead atoms. The molecule has 3 aromatic rings. The number of nitrogens with zero attached hydrogens (tertiary/aromatic N) is 2. The van der Waals surface area contributed by atoms with Gasteiger partial charge >= 0.3 is 0 Å². The minimum Gasteiger partial charge on any atom is -0.383 e. The van der Waals surface area contributed by atoms with Gasteiger partial charge in [-0.15, -0.1) is 0 Å². The normalized spacial score (nSPS) is 12.2. The molecular formula is C20H23N3O2. The van der Waals surface area contributed by atoms with E-state index in [1.54, 1.807) is 7.11 Å². The number of imidazole rings is 1. The van der Waals surface area contributed by atoms with Crippen molar-refractivity contribution in [2.45, 2.75) is 19.4 Å². The number of carbonyl (C=O) groups is 1. The zero-order chi connectivity index (χ0) is 17.6. The fourth-order valence-corrected chi connectivity index (χ4v) is 2.97. The number of rotatable bonds is 7. The Hall–Kier alpha value is -2.66. The van der Waals surface area contributed by atoms with Gasteiger partial charge in [-0.05, 0) is 24.6 Å². The summed E-state index contributed by atoms with van der Waals surface area (Å²) in [6.45, 7) is 2.91. The molecule has 0 aliphatic carbocycles. The van der Waals surface area contributed by atoms with Crippen molar-refractivity contribution in [3.8, 4) is 0 Å². The average molecular weight is 337 g/mol. The van der Waals surface area contributed by atoms with Gasteiger partial charge in [0.15, 0.2) is 0 Å². The van der Waals surface area contributed by atoms with Crippen LogP contribution in [0.15, 0.2) is 54.6 Å². The van der Waals surface area contributed by atoms with Gasteiger partial charge in [-0.25, -0.2) is 4.98 Å². The Balaban J connectivity index is 1.94. The van der Waals surface area contributed by atoms with E-state index in [2.05, 4.69) is 17.4 Å². The van der Waals surface area contributed by atoms with Crippen molar-refractivity contribution in [1.82, 2.24) is 14.9 Å². The highest BCUT2D eigenvalue weighted by atomic mass is 16.5. The van der Waals surface area contributed by atoms with Crippen LogP contribution in [0, 0.1) is 0 Å². The van der Waals surface area contributed by atoms with Gasteiger partial charge in [0.25, 0.3) is 0 Å². The molecule has 1 unspecified atom stereocenters. The van der Waals surface area contributed by atoms with Gasteiger partial charge in [0.05, 0.1) is 17.6 Å². The number of fused-ring (bicyclic) bond motifs is 1. The molecule has 130 valence electrons. The van der Waals surface area contributed by atoms with Crippen LogP contribution in [0.2, 0.25) is 0 Å². The third kappa shape index (κ3) is 3.88. The Labute approximate surface area is 147 Å². The number of benzene rings is 2. The first-order chi connectivity index (χ1) is 12.2. The number of hydrogen-bond acceptors (Lipinski definition) is 3. The largest absolute Gasteiger partial charge is 0.383 e. The Kier molecular flexibility index (Phi) is 5.46. The predicted molar refractivity (Wildman–Crippen MR) is 98.6 cm³/mol. The van der Waals surface area contributed by atoms with Crippen LogP contribution in [0.4, 0.5) is 0 Å². The first-order valence-electron chi connectivity index (χ1n) is 8.47. The Morgan fingerprint density at radius 3 is 2.64 bits per heavy atom. The zero-order valence-corrected chi connectivity index (χ0v) is 14.6. The van der Waals surface area contributed by atoms with E-state index < -0.39 is 0 Å². The van der Waals surface area contributed by atoms with Gasteiger partial charge in [-0.3, -0.25) is 4.79 Å². The van der Waals surface area contributed by atoms with Crippen LogP contribution < -0.4 is 5.32 Å². The molecule has 1 atom stereocenters. The monoisotopic (exact) mass is 337 g/mol. The second-order valence-corrected chi connectivity index (χ2v) is 6.01. The van der Waals surface area contributed by atoms with Crippen molar-refractivity contribution in [2.24, 2.45) is 0 Å². The van der Waals surface area contributed by atoms with Crippen LogP contribution in [-0.4, -0.2) is 35.7 Å². The van der Waals surface area contributed by atoms with Crippen LogP contribution in [0.3, 0.4) is 0 Å². The van der Waals surface area contributed by atoms with Gasteiger partial charge < -0.3 is 14.6 Å². The molecule has 1 aromatic heterocycles. The summed E-state index contributed by atoms with van der Waals surface area (Å²) in [5.41, 5.74) is 3.05. The summed E-state index contributed by atoms with van der Waals surface area (Å²) in [5.74, 6) is 0.858. The Bertz CT molecular complexity index is 843. The van der Waals surface area contributed by atoms with Crippen molar-refractivity contribution < 1.29 is 9.53 Å². The first kappa shape index (κ1) is 17.2. The number of ether oxygens (including phenoxy) is 1. The summed E-state index contributed by atoms with van der Waals surface area (Å²) in [5, 5.41) is 2.91. The van der Waals surface area contributed by atoms with E-state index in [-0.39, 0.29) is 11.9 Å². The molecule has 1 amide bonds. The summed E-state index contributed by atoms with van der Waals surface area (Å²) < 4.78 is 7.03.